The highest BCUT2D eigenvalue weighted by atomic mass is 35.5. The van der Waals surface area contributed by atoms with Crippen LogP contribution in [0.3, 0.4) is 0 Å². The summed E-state index contributed by atoms with van der Waals surface area (Å²) in [6.07, 6.45) is 3.87. The molecule has 0 amide bonds. The van der Waals surface area contributed by atoms with Crippen molar-refractivity contribution in [2.24, 2.45) is 0 Å². The molecule has 29 heavy (non-hydrogen) atoms. The van der Waals surface area contributed by atoms with Crippen molar-refractivity contribution in [2.45, 2.75) is 19.3 Å². The van der Waals surface area contributed by atoms with E-state index in [0.29, 0.717) is 27.0 Å². The maximum absolute atomic E-state index is 11.0. The van der Waals surface area contributed by atoms with Crippen molar-refractivity contribution in [3.8, 4) is 5.75 Å². The maximum Gasteiger partial charge on any atom is 0.145 e. The van der Waals surface area contributed by atoms with Crippen molar-refractivity contribution >= 4 is 45.7 Å². The molecule has 4 aromatic rings. The molecular weight excluding hydrogens is 427 g/mol. The molecule has 0 aliphatic rings. The Kier molecular flexibility index (Phi) is 5.64. The van der Waals surface area contributed by atoms with Gasteiger partial charge in [0.1, 0.15) is 11.3 Å². The van der Waals surface area contributed by atoms with Crippen LogP contribution in [0.25, 0.3) is 10.9 Å². The Bertz CT molecular complexity index is 1210. The molecule has 0 saturated heterocycles. The number of hydrogen-bond acceptors (Lipinski definition) is 3. The minimum atomic E-state index is -0.191. The molecule has 1 N–H and O–H groups in total. The van der Waals surface area contributed by atoms with Gasteiger partial charge in [-0.25, -0.2) is 0 Å². The Hall–Kier alpha value is -2.33. The summed E-state index contributed by atoms with van der Waals surface area (Å²) in [5.41, 5.74) is 4.13. The normalized spacial score (nSPS) is 12.3. The van der Waals surface area contributed by atoms with Crippen molar-refractivity contribution < 1.29 is 5.11 Å². The molecule has 4 rings (SSSR count). The lowest BCUT2D eigenvalue weighted by atomic mass is 9.85. The maximum atomic E-state index is 11.0. The lowest BCUT2D eigenvalue weighted by Crippen LogP contribution is -2.08. The number of rotatable bonds is 4. The molecule has 0 spiro atoms. The summed E-state index contributed by atoms with van der Waals surface area (Å²) in [7, 11) is 0. The fourth-order valence-electron chi connectivity index (χ4n) is 3.54. The molecule has 0 bridgehead atoms. The average molecular weight is 444 g/mol. The van der Waals surface area contributed by atoms with E-state index in [1.54, 1.807) is 18.5 Å². The van der Waals surface area contributed by atoms with Gasteiger partial charge in [-0.05, 0) is 42.3 Å². The molecule has 0 fully saturated rings. The van der Waals surface area contributed by atoms with E-state index < -0.39 is 0 Å². The van der Waals surface area contributed by atoms with Gasteiger partial charge >= 0.3 is 0 Å². The van der Waals surface area contributed by atoms with Gasteiger partial charge in [0.05, 0.1) is 15.1 Å². The Morgan fingerprint density at radius 1 is 0.966 bits per heavy atom. The van der Waals surface area contributed by atoms with Gasteiger partial charge in [-0.15, -0.1) is 0 Å². The van der Waals surface area contributed by atoms with E-state index in [1.807, 2.05) is 49.4 Å². The SMILES string of the molecule is Cc1cc(Cl)cnc1CC(c1ccc(Cl)c(Cl)c1)c1ccc2cccnc2c1O. The third-order valence-electron chi connectivity index (χ3n) is 5.05. The Morgan fingerprint density at radius 3 is 2.55 bits per heavy atom. The molecule has 0 aliphatic heterocycles. The molecule has 3 nitrogen and oxygen atoms in total. The van der Waals surface area contributed by atoms with Crippen molar-refractivity contribution in [3.05, 3.63) is 98.4 Å². The molecule has 1 unspecified atom stereocenters. The third-order valence-corrected chi connectivity index (χ3v) is 6.00. The van der Waals surface area contributed by atoms with E-state index in [0.717, 1.165) is 27.8 Å². The highest BCUT2D eigenvalue weighted by Gasteiger charge is 2.22. The fraction of sp³-hybridized carbons (Fsp3) is 0.130. The number of benzene rings is 2. The van der Waals surface area contributed by atoms with Gasteiger partial charge in [-0.3, -0.25) is 9.97 Å². The zero-order valence-electron chi connectivity index (χ0n) is 15.5. The minimum Gasteiger partial charge on any atom is -0.505 e. The fourth-order valence-corrected chi connectivity index (χ4v) is 4.06. The van der Waals surface area contributed by atoms with E-state index in [-0.39, 0.29) is 11.7 Å². The van der Waals surface area contributed by atoms with Crippen molar-refractivity contribution in [1.29, 1.82) is 0 Å². The highest BCUT2D eigenvalue weighted by molar-refractivity contribution is 6.42. The van der Waals surface area contributed by atoms with Gasteiger partial charge in [-0.1, -0.05) is 59.1 Å². The number of hydrogen-bond donors (Lipinski definition) is 1. The van der Waals surface area contributed by atoms with Crippen LogP contribution in [0, 0.1) is 6.92 Å². The van der Waals surface area contributed by atoms with Crippen LogP contribution in [0.4, 0.5) is 0 Å². The number of halogens is 3. The standard InChI is InChI=1S/C23H17Cl3N2O/c1-13-9-16(24)12-28-21(13)11-18(15-5-7-19(25)20(26)10-15)17-6-4-14-3-2-8-27-22(14)23(17)29/h2-10,12,18,29H,11H2,1H3. The first-order chi connectivity index (χ1) is 13.9. The number of nitrogens with zero attached hydrogens (tertiary/aromatic N) is 2. The number of aromatic hydroxyl groups is 1. The molecule has 6 heteroatoms. The molecule has 0 saturated carbocycles. The summed E-state index contributed by atoms with van der Waals surface area (Å²) in [6, 6.07) is 15.1. The zero-order chi connectivity index (χ0) is 20.5. The van der Waals surface area contributed by atoms with Gasteiger partial charge in [-0.2, -0.15) is 0 Å². The van der Waals surface area contributed by atoms with Crippen molar-refractivity contribution in [1.82, 2.24) is 9.97 Å². The van der Waals surface area contributed by atoms with Crippen LogP contribution in [0.5, 0.6) is 5.75 Å². The lowest BCUT2D eigenvalue weighted by molar-refractivity contribution is 0.469. The van der Waals surface area contributed by atoms with E-state index in [2.05, 4.69) is 9.97 Å². The van der Waals surface area contributed by atoms with Crippen LogP contribution in [-0.2, 0) is 6.42 Å². The second-order valence-electron chi connectivity index (χ2n) is 6.93. The molecule has 0 aliphatic carbocycles. The largest absolute Gasteiger partial charge is 0.505 e. The summed E-state index contributed by atoms with van der Waals surface area (Å²) in [5, 5.41) is 13.5. The zero-order valence-corrected chi connectivity index (χ0v) is 17.8. The number of aromatic nitrogens is 2. The van der Waals surface area contributed by atoms with Gasteiger partial charge in [0, 0.05) is 41.4 Å². The van der Waals surface area contributed by atoms with Crippen LogP contribution in [0.1, 0.15) is 28.3 Å². The Morgan fingerprint density at radius 2 is 1.79 bits per heavy atom. The lowest BCUT2D eigenvalue weighted by Gasteiger charge is -2.21. The quantitative estimate of drug-likeness (QED) is 0.370. The monoisotopic (exact) mass is 442 g/mol. The summed E-state index contributed by atoms with van der Waals surface area (Å²) in [4.78, 5) is 8.87. The van der Waals surface area contributed by atoms with E-state index in [4.69, 9.17) is 34.8 Å². The second-order valence-corrected chi connectivity index (χ2v) is 8.18. The van der Waals surface area contributed by atoms with Crippen LogP contribution >= 0.6 is 34.8 Å². The summed E-state index contributed by atoms with van der Waals surface area (Å²) in [5.74, 6) is -0.0330. The highest BCUT2D eigenvalue weighted by Crippen LogP contribution is 2.39. The molecule has 0 radical (unpaired) electrons. The number of phenolic OH excluding ortho intramolecular Hbond substituents is 1. The molecular formula is C23H17Cl3N2O. The van der Waals surface area contributed by atoms with Gasteiger partial charge in [0.15, 0.2) is 0 Å². The summed E-state index contributed by atoms with van der Waals surface area (Å²) < 4.78 is 0. The molecule has 1 atom stereocenters. The van der Waals surface area contributed by atoms with Crippen LogP contribution < -0.4 is 0 Å². The van der Waals surface area contributed by atoms with Crippen LogP contribution in [-0.4, -0.2) is 15.1 Å². The second kappa shape index (κ2) is 8.19. The minimum absolute atomic E-state index is 0.158. The van der Waals surface area contributed by atoms with Gasteiger partial charge in [0.25, 0.3) is 0 Å². The first-order valence-corrected chi connectivity index (χ1v) is 10.2. The van der Waals surface area contributed by atoms with Crippen LogP contribution in [0.2, 0.25) is 15.1 Å². The first kappa shape index (κ1) is 20.0. The predicted octanol–water partition coefficient (Wildman–Crippen LogP) is 6.98. The smallest absolute Gasteiger partial charge is 0.145 e. The molecule has 146 valence electrons. The molecule has 2 heterocycles. The topological polar surface area (TPSA) is 46.0 Å². The van der Waals surface area contributed by atoms with E-state index in [1.165, 1.54) is 0 Å². The Balaban J connectivity index is 1.88. The number of pyridine rings is 2. The van der Waals surface area contributed by atoms with Crippen molar-refractivity contribution in [3.63, 3.8) is 0 Å². The van der Waals surface area contributed by atoms with Crippen LogP contribution in [0.15, 0.2) is 60.9 Å². The van der Waals surface area contributed by atoms with E-state index in [9.17, 15) is 5.11 Å². The predicted molar refractivity (Wildman–Crippen MR) is 119 cm³/mol. The number of aryl methyl sites for hydroxylation is 1. The molecule has 2 aromatic carbocycles. The van der Waals surface area contributed by atoms with Gasteiger partial charge < -0.3 is 5.11 Å². The van der Waals surface area contributed by atoms with Crippen molar-refractivity contribution in [2.75, 3.05) is 0 Å². The first-order valence-electron chi connectivity index (χ1n) is 9.06. The summed E-state index contributed by atoms with van der Waals surface area (Å²) >= 11 is 18.5. The van der Waals surface area contributed by atoms with E-state index >= 15 is 0 Å². The van der Waals surface area contributed by atoms with Gasteiger partial charge in [0.2, 0.25) is 0 Å². The molecule has 2 aromatic heterocycles. The average Bonchev–Trinajstić information content (AvgIpc) is 2.71. The number of phenols is 1. The summed E-state index contributed by atoms with van der Waals surface area (Å²) in [6.45, 7) is 1.97. The Labute approximate surface area is 183 Å². The third kappa shape index (κ3) is 4.04. The number of fused-ring (bicyclic) bond motifs is 1.